The molecule has 0 radical (unpaired) electrons. The van der Waals surface area contributed by atoms with Gasteiger partial charge in [0.05, 0.1) is 16.5 Å². The van der Waals surface area contributed by atoms with Gasteiger partial charge in [-0.2, -0.15) is 5.26 Å². The van der Waals surface area contributed by atoms with Crippen molar-refractivity contribution in [2.75, 3.05) is 0 Å². The minimum atomic E-state index is 0.0278. The number of aromatic nitrogens is 1. The van der Waals surface area contributed by atoms with Gasteiger partial charge in [-0.3, -0.25) is 0 Å². The Bertz CT molecular complexity index is 962. The molecule has 0 fully saturated rings. The van der Waals surface area contributed by atoms with Gasteiger partial charge in [0.2, 0.25) is 0 Å². The van der Waals surface area contributed by atoms with E-state index in [2.05, 4.69) is 31.0 Å². The number of hydrogen-bond acceptors (Lipinski definition) is 5. The second-order valence-corrected chi connectivity index (χ2v) is 8.41. The van der Waals surface area contributed by atoms with Crippen LogP contribution in [0.5, 0.6) is 5.75 Å². The molecule has 0 unspecified atom stereocenters. The highest BCUT2D eigenvalue weighted by Gasteiger charge is 2.21. The molecule has 1 aliphatic carbocycles. The van der Waals surface area contributed by atoms with Crippen molar-refractivity contribution in [1.82, 2.24) is 4.98 Å². The van der Waals surface area contributed by atoms with E-state index in [1.54, 1.807) is 11.3 Å². The molecule has 2 aromatic rings. The topological polar surface area (TPSA) is 71.9 Å². The lowest BCUT2D eigenvalue weighted by Gasteiger charge is -2.24. The summed E-state index contributed by atoms with van der Waals surface area (Å²) in [6.45, 7) is 8.13. The van der Waals surface area contributed by atoms with Gasteiger partial charge in [-0.15, -0.1) is 11.3 Å². The summed E-state index contributed by atoms with van der Waals surface area (Å²) in [5.74, 6) is 0.615. The van der Waals surface area contributed by atoms with Crippen LogP contribution in [0.2, 0.25) is 0 Å². The van der Waals surface area contributed by atoms with Gasteiger partial charge in [0, 0.05) is 17.8 Å². The van der Waals surface area contributed by atoms with Crippen LogP contribution in [-0.4, -0.2) is 17.1 Å². The van der Waals surface area contributed by atoms with Crippen molar-refractivity contribution in [2.24, 2.45) is 5.73 Å². The number of nitrogens with zero attached hydrogens (tertiary/aromatic N) is 2. The largest absolute Gasteiger partial charge is 0.490 e. The Hall–Kier alpha value is -2.42. The molecule has 5 heteroatoms. The Morgan fingerprint density at radius 1 is 1.43 bits per heavy atom. The molecular formula is C23H27N3OS. The van der Waals surface area contributed by atoms with E-state index < -0.39 is 0 Å². The Kier molecular flexibility index (Phi) is 6.33. The predicted molar refractivity (Wildman–Crippen MR) is 116 cm³/mol. The summed E-state index contributed by atoms with van der Waals surface area (Å²) in [5, 5.41) is 10.4. The van der Waals surface area contributed by atoms with Gasteiger partial charge in [0.15, 0.2) is 0 Å². The third-order valence-corrected chi connectivity index (χ3v) is 6.15. The number of thiazole rings is 1. The van der Waals surface area contributed by atoms with Gasteiger partial charge < -0.3 is 10.5 Å². The summed E-state index contributed by atoms with van der Waals surface area (Å²) in [6, 6.07) is 8.07. The predicted octanol–water partition coefficient (Wildman–Crippen LogP) is 5.70. The van der Waals surface area contributed by atoms with Crippen LogP contribution in [0, 0.1) is 11.3 Å². The zero-order valence-electron chi connectivity index (χ0n) is 17.0. The second-order valence-electron chi connectivity index (χ2n) is 7.38. The normalized spacial score (nSPS) is 17.8. The standard InChI is InChI=1S/C23H27N3OS/c1-5-18(19-7-6-8-20(25)15(19)4)22-13-26-23(28-22)16-9-10-21(27-14(2)3)17(11-16)12-24/h5,9-11,13-14,20H,6-8,25H2,1-4H3/b18-5+/t20-/m1/s1. The maximum atomic E-state index is 9.48. The number of rotatable bonds is 5. The molecule has 1 aromatic carbocycles. The van der Waals surface area contributed by atoms with Gasteiger partial charge >= 0.3 is 0 Å². The molecular weight excluding hydrogens is 366 g/mol. The number of ether oxygens (including phenoxy) is 1. The van der Waals surface area contributed by atoms with Crippen molar-refractivity contribution in [1.29, 1.82) is 5.26 Å². The van der Waals surface area contributed by atoms with Gasteiger partial charge in [-0.1, -0.05) is 11.6 Å². The average Bonchev–Trinajstić information content (AvgIpc) is 3.15. The highest BCUT2D eigenvalue weighted by Crippen LogP contribution is 2.39. The van der Waals surface area contributed by atoms with E-state index in [0.717, 1.165) is 34.7 Å². The Morgan fingerprint density at radius 3 is 2.89 bits per heavy atom. The smallest absolute Gasteiger partial charge is 0.137 e. The summed E-state index contributed by atoms with van der Waals surface area (Å²) in [5.41, 5.74) is 11.6. The third-order valence-electron chi connectivity index (χ3n) is 5.07. The molecule has 0 bridgehead atoms. The molecule has 1 atom stereocenters. The molecule has 0 saturated carbocycles. The molecule has 1 aromatic heterocycles. The molecule has 0 aliphatic heterocycles. The first kappa shape index (κ1) is 20.3. The second kappa shape index (κ2) is 8.72. The fourth-order valence-electron chi connectivity index (χ4n) is 3.59. The van der Waals surface area contributed by atoms with Gasteiger partial charge in [-0.25, -0.2) is 4.98 Å². The van der Waals surface area contributed by atoms with Gasteiger partial charge in [0.25, 0.3) is 0 Å². The van der Waals surface area contributed by atoms with Crippen LogP contribution >= 0.6 is 11.3 Å². The van der Waals surface area contributed by atoms with Crippen molar-refractivity contribution >= 4 is 16.9 Å². The molecule has 0 spiro atoms. The van der Waals surface area contributed by atoms with E-state index in [9.17, 15) is 5.26 Å². The van der Waals surface area contributed by atoms with Crippen molar-refractivity contribution in [3.05, 3.63) is 52.1 Å². The minimum absolute atomic E-state index is 0.0278. The maximum absolute atomic E-state index is 9.48. The van der Waals surface area contributed by atoms with Crippen molar-refractivity contribution in [2.45, 2.75) is 59.1 Å². The monoisotopic (exact) mass is 393 g/mol. The number of benzene rings is 1. The first-order valence-corrected chi connectivity index (χ1v) is 10.6. The number of nitriles is 1. The Balaban J connectivity index is 1.94. The zero-order chi connectivity index (χ0) is 20.3. The third kappa shape index (κ3) is 4.19. The first-order valence-electron chi connectivity index (χ1n) is 9.73. The van der Waals surface area contributed by atoms with E-state index in [4.69, 9.17) is 10.5 Å². The van der Waals surface area contributed by atoms with E-state index in [0.29, 0.717) is 11.3 Å². The molecule has 28 heavy (non-hydrogen) atoms. The molecule has 146 valence electrons. The van der Waals surface area contributed by atoms with Crippen LogP contribution < -0.4 is 10.5 Å². The van der Waals surface area contributed by atoms with Crippen LogP contribution in [0.25, 0.3) is 16.1 Å². The van der Waals surface area contributed by atoms with Crippen molar-refractivity contribution < 1.29 is 4.74 Å². The summed E-state index contributed by atoms with van der Waals surface area (Å²) in [6.07, 6.45) is 7.36. The number of allylic oxidation sites excluding steroid dienone is 3. The Labute approximate surface area is 171 Å². The number of hydrogen-bond donors (Lipinski definition) is 1. The summed E-state index contributed by atoms with van der Waals surface area (Å²) < 4.78 is 5.72. The summed E-state index contributed by atoms with van der Waals surface area (Å²) in [7, 11) is 0. The molecule has 1 aliphatic rings. The Morgan fingerprint density at radius 2 is 2.21 bits per heavy atom. The lowest BCUT2D eigenvalue weighted by atomic mass is 9.85. The van der Waals surface area contributed by atoms with E-state index in [1.807, 2.05) is 38.2 Å². The van der Waals surface area contributed by atoms with Crippen molar-refractivity contribution in [3.8, 4) is 22.4 Å². The quantitative estimate of drug-likeness (QED) is 0.707. The van der Waals surface area contributed by atoms with Gasteiger partial charge in [0.1, 0.15) is 16.8 Å². The van der Waals surface area contributed by atoms with Crippen LogP contribution in [0.15, 0.2) is 41.6 Å². The maximum Gasteiger partial charge on any atom is 0.137 e. The summed E-state index contributed by atoms with van der Waals surface area (Å²) >= 11 is 1.65. The lowest BCUT2D eigenvalue weighted by molar-refractivity contribution is 0.242. The lowest BCUT2D eigenvalue weighted by Crippen LogP contribution is -2.25. The van der Waals surface area contributed by atoms with Crippen molar-refractivity contribution in [3.63, 3.8) is 0 Å². The van der Waals surface area contributed by atoms with Crippen LogP contribution in [-0.2, 0) is 0 Å². The highest BCUT2D eigenvalue weighted by atomic mass is 32.1. The molecule has 0 saturated heterocycles. The average molecular weight is 394 g/mol. The fourth-order valence-corrected chi connectivity index (χ4v) is 4.60. The zero-order valence-corrected chi connectivity index (χ0v) is 17.8. The van der Waals surface area contributed by atoms with Gasteiger partial charge in [-0.05, 0) is 76.3 Å². The molecule has 3 rings (SSSR count). The van der Waals surface area contributed by atoms with E-state index >= 15 is 0 Å². The summed E-state index contributed by atoms with van der Waals surface area (Å²) in [4.78, 5) is 5.77. The molecule has 2 N–H and O–H groups in total. The molecule has 0 amide bonds. The molecule has 4 nitrogen and oxygen atoms in total. The highest BCUT2D eigenvalue weighted by molar-refractivity contribution is 7.16. The fraction of sp³-hybridized carbons (Fsp3) is 0.391. The van der Waals surface area contributed by atoms with Crippen LogP contribution in [0.3, 0.4) is 0 Å². The number of nitrogens with two attached hydrogens (primary N) is 1. The first-order chi connectivity index (χ1) is 13.4. The molecule has 1 heterocycles. The van der Waals surface area contributed by atoms with E-state index in [1.165, 1.54) is 16.7 Å². The minimum Gasteiger partial charge on any atom is -0.490 e. The van der Waals surface area contributed by atoms with Crippen LogP contribution in [0.4, 0.5) is 0 Å². The van der Waals surface area contributed by atoms with Crippen LogP contribution in [0.1, 0.15) is 57.4 Å². The van der Waals surface area contributed by atoms with E-state index in [-0.39, 0.29) is 12.1 Å². The SMILES string of the molecule is C/C=C(\C1=C(C)[C@H](N)CCC1)c1cnc(-c2ccc(OC(C)C)c(C#N)c2)s1.